The van der Waals surface area contributed by atoms with Crippen molar-refractivity contribution < 1.29 is 19.4 Å². The van der Waals surface area contributed by atoms with Gasteiger partial charge in [0.2, 0.25) is 0 Å². The number of carbonyl (C=O) groups is 2. The van der Waals surface area contributed by atoms with Crippen LogP contribution in [0.4, 0.5) is 0 Å². The van der Waals surface area contributed by atoms with E-state index in [1.165, 1.54) is 0 Å². The molecule has 1 saturated heterocycles. The number of carboxylic acids is 1. The van der Waals surface area contributed by atoms with Crippen LogP contribution in [0.2, 0.25) is 0 Å². The van der Waals surface area contributed by atoms with Crippen LogP contribution >= 0.6 is 0 Å². The van der Waals surface area contributed by atoms with Gasteiger partial charge in [-0.25, -0.2) is 4.79 Å². The smallest absolute Gasteiger partial charge is 0.336 e. The molecule has 0 unspecified atom stereocenters. The number of hydrogen-bond acceptors (Lipinski definition) is 3. The minimum atomic E-state index is -1.07. The van der Waals surface area contributed by atoms with E-state index in [1.807, 2.05) is 0 Å². The topological polar surface area (TPSA) is 75.6 Å². The highest BCUT2D eigenvalue weighted by molar-refractivity contribution is 6.06. The van der Waals surface area contributed by atoms with Gasteiger partial charge in [-0.1, -0.05) is 12.1 Å². The largest absolute Gasteiger partial charge is 0.478 e. The number of nitrogens with one attached hydrogen (secondary N) is 1. The van der Waals surface area contributed by atoms with Gasteiger partial charge in [0.1, 0.15) is 0 Å². The van der Waals surface area contributed by atoms with Gasteiger partial charge in [0.05, 0.1) is 11.1 Å². The molecule has 1 aliphatic heterocycles. The maximum Gasteiger partial charge on any atom is 0.336 e. The maximum absolute atomic E-state index is 12.4. The minimum absolute atomic E-state index is 0.0535. The van der Waals surface area contributed by atoms with Crippen molar-refractivity contribution in [3.8, 4) is 0 Å². The summed E-state index contributed by atoms with van der Waals surface area (Å²) in [5, 5.41) is 12.2. The van der Waals surface area contributed by atoms with Crippen molar-refractivity contribution in [2.75, 3.05) is 13.2 Å². The molecule has 0 spiro atoms. The van der Waals surface area contributed by atoms with E-state index in [0.717, 1.165) is 12.8 Å². The molecule has 5 heteroatoms. The van der Waals surface area contributed by atoms with Gasteiger partial charge < -0.3 is 15.2 Å². The van der Waals surface area contributed by atoms with Crippen LogP contribution in [0.5, 0.6) is 0 Å². The molecule has 0 saturated carbocycles. The highest BCUT2D eigenvalue weighted by Gasteiger charge is 2.24. The lowest BCUT2D eigenvalue weighted by Crippen LogP contribution is -2.39. The van der Waals surface area contributed by atoms with Gasteiger partial charge in [0.15, 0.2) is 0 Å². The summed E-state index contributed by atoms with van der Waals surface area (Å²) < 4.78 is 5.25. The zero-order chi connectivity index (χ0) is 14.7. The Labute approximate surface area is 117 Å². The van der Waals surface area contributed by atoms with Gasteiger partial charge >= 0.3 is 5.97 Å². The Kier molecular flexibility index (Phi) is 4.39. The van der Waals surface area contributed by atoms with Crippen molar-refractivity contribution in [2.24, 2.45) is 0 Å². The quantitative estimate of drug-likeness (QED) is 0.885. The summed E-state index contributed by atoms with van der Waals surface area (Å²) in [5.41, 5.74) is 1.64. The first kappa shape index (κ1) is 14.5. The molecule has 1 aliphatic rings. The minimum Gasteiger partial charge on any atom is -0.478 e. The van der Waals surface area contributed by atoms with Crippen molar-refractivity contribution >= 4 is 11.9 Å². The van der Waals surface area contributed by atoms with Crippen molar-refractivity contribution in [2.45, 2.75) is 32.7 Å². The highest BCUT2D eigenvalue weighted by Crippen LogP contribution is 2.19. The first-order valence-corrected chi connectivity index (χ1v) is 6.73. The van der Waals surface area contributed by atoms with Gasteiger partial charge in [-0.2, -0.15) is 0 Å². The summed E-state index contributed by atoms with van der Waals surface area (Å²) in [4.78, 5) is 23.8. The second-order valence-corrected chi connectivity index (χ2v) is 5.11. The van der Waals surface area contributed by atoms with E-state index in [9.17, 15) is 14.7 Å². The van der Waals surface area contributed by atoms with Crippen LogP contribution in [0.15, 0.2) is 12.1 Å². The second kappa shape index (κ2) is 6.05. The molecule has 1 aromatic carbocycles. The zero-order valence-electron chi connectivity index (χ0n) is 11.7. The molecule has 0 radical (unpaired) electrons. The number of rotatable bonds is 3. The molecule has 0 bridgehead atoms. The molecule has 1 amide bonds. The summed E-state index contributed by atoms with van der Waals surface area (Å²) in [5.74, 6) is -1.38. The summed E-state index contributed by atoms with van der Waals surface area (Å²) in [6.45, 7) is 4.71. The van der Waals surface area contributed by atoms with Crippen LogP contribution in [-0.4, -0.2) is 36.2 Å². The lowest BCUT2D eigenvalue weighted by molar-refractivity contribution is 0.0665. The average Bonchev–Trinajstić information content (AvgIpc) is 2.41. The third-order valence-electron chi connectivity index (χ3n) is 3.62. The van der Waals surface area contributed by atoms with Gasteiger partial charge in [-0.3, -0.25) is 4.79 Å². The summed E-state index contributed by atoms with van der Waals surface area (Å²) in [7, 11) is 0. The van der Waals surface area contributed by atoms with Crippen molar-refractivity contribution in [1.29, 1.82) is 0 Å². The molecule has 108 valence electrons. The Hall–Kier alpha value is -1.88. The first-order valence-electron chi connectivity index (χ1n) is 6.73. The van der Waals surface area contributed by atoms with Crippen molar-refractivity contribution in [3.63, 3.8) is 0 Å². The van der Waals surface area contributed by atoms with Crippen LogP contribution < -0.4 is 5.32 Å². The number of ether oxygens (including phenoxy) is 1. The first-order chi connectivity index (χ1) is 9.50. The predicted molar refractivity (Wildman–Crippen MR) is 74.2 cm³/mol. The van der Waals surface area contributed by atoms with E-state index < -0.39 is 5.97 Å². The predicted octanol–water partition coefficient (Wildman–Crippen LogP) is 1.91. The second-order valence-electron chi connectivity index (χ2n) is 5.11. The van der Waals surface area contributed by atoms with Crippen LogP contribution in [0.25, 0.3) is 0 Å². The molecule has 1 aromatic rings. The number of carbonyl (C=O) groups excluding carboxylic acids is 1. The van der Waals surface area contributed by atoms with Crippen molar-refractivity contribution in [3.05, 3.63) is 34.4 Å². The zero-order valence-corrected chi connectivity index (χ0v) is 11.7. The lowest BCUT2D eigenvalue weighted by Gasteiger charge is -2.24. The van der Waals surface area contributed by atoms with E-state index >= 15 is 0 Å². The molecule has 1 fully saturated rings. The SMILES string of the molecule is Cc1ccc(C)c(C(=O)NC2CCOCC2)c1C(=O)O. The summed E-state index contributed by atoms with van der Waals surface area (Å²) >= 11 is 0. The Morgan fingerprint density at radius 1 is 1.15 bits per heavy atom. The molecule has 1 heterocycles. The Balaban J connectivity index is 2.28. The normalized spacial score (nSPS) is 15.9. The van der Waals surface area contributed by atoms with Crippen LogP contribution in [-0.2, 0) is 4.74 Å². The molecule has 0 atom stereocenters. The molecular weight excluding hydrogens is 258 g/mol. The number of carboxylic acid groups (broad SMARTS) is 1. The fourth-order valence-corrected chi connectivity index (χ4v) is 2.48. The maximum atomic E-state index is 12.4. The summed E-state index contributed by atoms with van der Waals surface area (Å²) in [6.07, 6.45) is 1.53. The molecule has 0 aromatic heterocycles. The van der Waals surface area contributed by atoms with E-state index in [-0.39, 0.29) is 23.1 Å². The number of hydrogen-bond donors (Lipinski definition) is 2. The number of aromatic carboxylic acids is 1. The fraction of sp³-hybridized carbons (Fsp3) is 0.467. The van der Waals surface area contributed by atoms with E-state index in [2.05, 4.69) is 5.32 Å². The Morgan fingerprint density at radius 2 is 1.70 bits per heavy atom. The van der Waals surface area contributed by atoms with E-state index in [1.54, 1.807) is 26.0 Å². The van der Waals surface area contributed by atoms with Crippen molar-refractivity contribution in [1.82, 2.24) is 5.32 Å². The summed E-state index contributed by atoms with van der Waals surface area (Å²) in [6, 6.07) is 3.56. The molecule has 2 rings (SSSR count). The Morgan fingerprint density at radius 3 is 2.25 bits per heavy atom. The number of amides is 1. The highest BCUT2D eigenvalue weighted by atomic mass is 16.5. The standard InChI is InChI=1S/C15H19NO4/c1-9-3-4-10(2)13(15(18)19)12(9)14(17)16-11-5-7-20-8-6-11/h3-4,11H,5-8H2,1-2H3,(H,16,17)(H,18,19). The fourth-order valence-electron chi connectivity index (χ4n) is 2.48. The average molecular weight is 277 g/mol. The monoisotopic (exact) mass is 277 g/mol. The number of benzene rings is 1. The van der Waals surface area contributed by atoms with Crippen LogP contribution in [0, 0.1) is 13.8 Å². The Bertz CT molecular complexity index is 533. The van der Waals surface area contributed by atoms with E-state index in [4.69, 9.17) is 4.74 Å². The van der Waals surface area contributed by atoms with Gasteiger partial charge in [0.25, 0.3) is 5.91 Å². The van der Waals surface area contributed by atoms with Crippen LogP contribution in [0.3, 0.4) is 0 Å². The molecule has 5 nitrogen and oxygen atoms in total. The molecule has 2 N–H and O–H groups in total. The number of aryl methyl sites for hydroxylation is 2. The molecule has 20 heavy (non-hydrogen) atoms. The third-order valence-corrected chi connectivity index (χ3v) is 3.62. The van der Waals surface area contributed by atoms with Gasteiger partial charge in [-0.05, 0) is 37.8 Å². The third kappa shape index (κ3) is 2.99. The van der Waals surface area contributed by atoms with E-state index in [0.29, 0.717) is 24.3 Å². The van der Waals surface area contributed by atoms with Crippen LogP contribution in [0.1, 0.15) is 44.7 Å². The lowest BCUT2D eigenvalue weighted by atomic mass is 9.96. The van der Waals surface area contributed by atoms with Gasteiger partial charge in [-0.15, -0.1) is 0 Å². The molecular formula is C15H19NO4. The van der Waals surface area contributed by atoms with Gasteiger partial charge in [0, 0.05) is 19.3 Å². The molecule has 0 aliphatic carbocycles.